The minimum absolute atomic E-state index is 0.331. The highest BCUT2D eigenvalue weighted by Crippen LogP contribution is 2.21. The predicted octanol–water partition coefficient (Wildman–Crippen LogP) is 1.80. The zero-order valence-corrected chi connectivity index (χ0v) is 12.9. The lowest BCUT2D eigenvalue weighted by Crippen LogP contribution is -2.48. The van der Waals surface area contributed by atoms with Gasteiger partial charge in [0, 0.05) is 18.8 Å². The molecule has 6 heteroatoms. The Hall–Kier alpha value is -1.24. The Balaban J connectivity index is 2.71. The summed E-state index contributed by atoms with van der Waals surface area (Å²) in [7, 11) is 1.44. The maximum atomic E-state index is 11.9. The number of imide groups is 1. The molecular formula is C14H23NO5. The molecule has 0 bridgehead atoms. The van der Waals surface area contributed by atoms with Gasteiger partial charge < -0.3 is 4.74 Å². The second-order valence-electron chi connectivity index (χ2n) is 5.48. The summed E-state index contributed by atoms with van der Waals surface area (Å²) in [6.07, 6.45) is 1.22. The number of amides is 2. The summed E-state index contributed by atoms with van der Waals surface area (Å²) < 4.78 is 5.18. The van der Waals surface area contributed by atoms with E-state index in [0.29, 0.717) is 5.57 Å². The quantitative estimate of drug-likeness (QED) is 0.309. The van der Waals surface area contributed by atoms with Crippen LogP contribution in [0.2, 0.25) is 0 Å². The molecular weight excluding hydrogens is 262 g/mol. The number of nitrogens with zero attached hydrogens (tertiary/aromatic N) is 1. The molecule has 1 rings (SSSR count). The van der Waals surface area contributed by atoms with Crippen LogP contribution in [-0.4, -0.2) is 41.8 Å². The second-order valence-corrected chi connectivity index (χ2v) is 5.48. The van der Waals surface area contributed by atoms with Crippen molar-refractivity contribution in [3.8, 4) is 0 Å². The lowest BCUT2D eigenvalue weighted by molar-refractivity contribution is -0.422. The first kappa shape index (κ1) is 16.8. The summed E-state index contributed by atoms with van der Waals surface area (Å²) in [6, 6.07) is -0.582. The fourth-order valence-corrected chi connectivity index (χ4v) is 1.67. The number of rotatable bonds is 7. The number of methoxy groups -OCH3 is 1. The standard InChI is InChI=1S/C14H23NO5/c1-7-14(4,5)20-19-13(18-6)10(3)15-11(16)8-9(2)12(15)17/h8,10,13H,7H2,1-6H3. The van der Waals surface area contributed by atoms with Gasteiger partial charge in [-0.3, -0.25) is 14.5 Å². The molecule has 0 aliphatic carbocycles. The topological polar surface area (TPSA) is 65.1 Å². The molecule has 2 unspecified atom stereocenters. The Labute approximate surface area is 119 Å². The third-order valence-electron chi connectivity index (χ3n) is 3.39. The van der Waals surface area contributed by atoms with Crippen molar-refractivity contribution in [1.29, 1.82) is 0 Å². The van der Waals surface area contributed by atoms with Gasteiger partial charge in [-0.25, -0.2) is 9.78 Å². The summed E-state index contributed by atoms with van der Waals surface area (Å²) in [6.45, 7) is 9.00. The largest absolute Gasteiger partial charge is 0.351 e. The highest BCUT2D eigenvalue weighted by molar-refractivity contribution is 6.16. The molecule has 2 amide bonds. The Morgan fingerprint density at radius 3 is 2.35 bits per heavy atom. The van der Waals surface area contributed by atoms with Gasteiger partial charge in [-0.2, -0.15) is 0 Å². The lowest BCUT2D eigenvalue weighted by atomic mass is 10.1. The van der Waals surface area contributed by atoms with Gasteiger partial charge in [0.2, 0.25) is 6.29 Å². The molecule has 1 aliphatic rings. The molecule has 0 aromatic carbocycles. The molecule has 0 N–H and O–H groups in total. The fraction of sp³-hybridized carbons (Fsp3) is 0.714. The van der Waals surface area contributed by atoms with Crippen LogP contribution in [0.4, 0.5) is 0 Å². The van der Waals surface area contributed by atoms with Crippen molar-refractivity contribution < 1.29 is 24.1 Å². The molecule has 0 aromatic heterocycles. The van der Waals surface area contributed by atoms with Gasteiger partial charge in [0.1, 0.15) is 0 Å². The van der Waals surface area contributed by atoms with Crippen molar-refractivity contribution in [1.82, 2.24) is 4.90 Å². The number of carbonyl (C=O) groups excluding carboxylic acids is 2. The van der Waals surface area contributed by atoms with E-state index in [1.54, 1.807) is 13.8 Å². The minimum Gasteiger partial charge on any atom is -0.351 e. The summed E-state index contributed by atoms with van der Waals surface area (Å²) in [5, 5.41) is 0. The average molecular weight is 285 g/mol. The number of ether oxygens (including phenoxy) is 1. The third-order valence-corrected chi connectivity index (χ3v) is 3.39. The van der Waals surface area contributed by atoms with Crippen LogP contribution in [0.25, 0.3) is 0 Å². The molecule has 0 saturated carbocycles. The SMILES string of the molecule is CCC(C)(C)OOC(OC)C(C)N1C(=O)C=C(C)C1=O. The fourth-order valence-electron chi connectivity index (χ4n) is 1.67. The van der Waals surface area contributed by atoms with Crippen LogP contribution in [0, 0.1) is 0 Å². The van der Waals surface area contributed by atoms with Gasteiger partial charge in [-0.15, -0.1) is 0 Å². The molecule has 0 spiro atoms. The average Bonchev–Trinajstić information content (AvgIpc) is 2.63. The molecule has 20 heavy (non-hydrogen) atoms. The van der Waals surface area contributed by atoms with E-state index in [4.69, 9.17) is 14.5 Å². The second kappa shape index (κ2) is 6.47. The van der Waals surface area contributed by atoms with Crippen LogP contribution in [0.5, 0.6) is 0 Å². The lowest BCUT2D eigenvalue weighted by Gasteiger charge is -2.31. The van der Waals surface area contributed by atoms with E-state index < -0.39 is 17.9 Å². The van der Waals surface area contributed by atoms with Gasteiger partial charge >= 0.3 is 0 Å². The Kier molecular flexibility index (Phi) is 5.44. The van der Waals surface area contributed by atoms with E-state index in [9.17, 15) is 9.59 Å². The van der Waals surface area contributed by atoms with Gasteiger partial charge in [-0.05, 0) is 34.1 Å². The number of hydrogen-bond acceptors (Lipinski definition) is 5. The Morgan fingerprint density at radius 1 is 1.35 bits per heavy atom. The summed E-state index contributed by atoms with van der Waals surface area (Å²) in [5.41, 5.74) is -0.0598. The van der Waals surface area contributed by atoms with Crippen LogP contribution in [0.15, 0.2) is 11.6 Å². The first-order valence-electron chi connectivity index (χ1n) is 6.66. The first-order chi connectivity index (χ1) is 9.23. The van der Waals surface area contributed by atoms with E-state index in [0.717, 1.165) is 11.3 Å². The molecule has 1 aliphatic heterocycles. The van der Waals surface area contributed by atoms with Gasteiger partial charge in [0.05, 0.1) is 11.6 Å². The maximum absolute atomic E-state index is 11.9. The third kappa shape index (κ3) is 3.65. The highest BCUT2D eigenvalue weighted by Gasteiger charge is 2.38. The van der Waals surface area contributed by atoms with Gasteiger partial charge in [0.25, 0.3) is 11.8 Å². The molecule has 0 saturated heterocycles. The van der Waals surface area contributed by atoms with Crippen LogP contribution >= 0.6 is 0 Å². The first-order valence-corrected chi connectivity index (χ1v) is 6.66. The normalized spacial score (nSPS) is 19.3. The zero-order valence-electron chi connectivity index (χ0n) is 12.9. The zero-order chi connectivity index (χ0) is 15.5. The van der Waals surface area contributed by atoms with Crippen molar-refractivity contribution in [3.63, 3.8) is 0 Å². The maximum Gasteiger partial charge on any atom is 0.256 e. The minimum atomic E-state index is -0.840. The predicted molar refractivity (Wildman–Crippen MR) is 72.4 cm³/mol. The van der Waals surface area contributed by atoms with Crippen molar-refractivity contribution >= 4 is 11.8 Å². The molecule has 6 nitrogen and oxygen atoms in total. The van der Waals surface area contributed by atoms with Gasteiger partial charge in [0.15, 0.2) is 0 Å². The smallest absolute Gasteiger partial charge is 0.256 e. The highest BCUT2D eigenvalue weighted by atomic mass is 17.2. The molecule has 0 aromatic rings. The van der Waals surface area contributed by atoms with E-state index >= 15 is 0 Å². The van der Waals surface area contributed by atoms with Crippen LogP contribution in [-0.2, 0) is 24.1 Å². The van der Waals surface area contributed by atoms with Crippen LogP contribution < -0.4 is 0 Å². The Morgan fingerprint density at radius 2 is 1.95 bits per heavy atom. The summed E-state index contributed by atoms with van der Waals surface area (Å²) >= 11 is 0. The summed E-state index contributed by atoms with van der Waals surface area (Å²) in [4.78, 5) is 35.4. The van der Waals surface area contributed by atoms with E-state index in [1.165, 1.54) is 13.2 Å². The van der Waals surface area contributed by atoms with Crippen LogP contribution in [0.1, 0.15) is 41.0 Å². The van der Waals surface area contributed by atoms with Crippen molar-refractivity contribution in [2.24, 2.45) is 0 Å². The monoisotopic (exact) mass is 285 g/mol. The summed E-state index contributed by atoms with van der Waals surface area (Å²) in [5.74, 6) is -0.691. The molecule has 2 atom stereocenters. The molecule has 0 fully saturated rings. The van der Waals surface area contributed by atoms with Crippen molar-refractivity contribution in [3.05, 3.63) is 11.6 Å². The van der Waals surface area contributed by atoms with E-state index in [1.807, 2.05) is 20.8 Å². The van der Waals surface area contributed by atoms with Crippen molar-refractivity contribution in [2.45, 2.75) is 59.0 Å². The molecule has 114 valence electrons. The van der Waals surface area contributed by atoms with Gasteiger partial charge in [-0.1, -0.05) is 6.92 Å². The van der Waals surface area contributed by atoms with E-state index in [2.05, 4.69) is 0 Å². The van der Waals surface area contributed by atoms with E-state index in [-0.39, 0.29) is 11.8 Å². The Bertz CT molecular complexity index is 416. The molecule has 0 radical (unpaired) electrons. The van der Waals surface area contributed by atoms with Crippen molar-refractivity contribution in [2.75, 3.05) is 7.11 Å². The molecule has 1 heterocycles. The number of hydrogen-bond donors (Lipinski definition) is 0. The number of carbonyl (C=O) groups is 2. The van der Waals surface area contributed by atoms with Crippen LogP contribution in [0.3, 0.4) is 0 Å².